The Kier molecular flexibility index (Phi) is 9.36. The molecule has 40 heavy (non-hydrogen) atoms. The van der Waals surface area contributed by atoms with Gasteiger partial charge in [0.2, 0.25) is 12.7 Å². The SMILES string of the molecule is CCOCCCN(CC(=O)N(Cc1ccc2c(c1)OCO2)Cc1ccc(C)o1)C(=O)c1cccc(C(F)(F)F)c1. The molecule has 2 amide bonds. The third-order valence-corrected chi connectivity index (χ3v) is 6.28. The predicted molar refractivity (Wildman–Crippen MR) is 139 cm³/mol. The number of amides is 2. The summed E-state index contributed by atoms with van der Waals surface area (Å²) in [5.41, 5.74) is -0.312. The first-order valence-electron chi connectivity index (χ1n) is 12.9. The molecule has 214 valence electrons. The number of halogens is 3. The minimum absolute atomic E-state index is 0.113. The number of furan rings is 1. The van der Waals surface area contributed by atoms with Crippen molar-refractivity contribution in [2.75, 3.05) is 33.1 Å². The minimum Gasteiger partial charge on any atom is -0.464 e. The van der Waals surface area contributed by atoms with Gasteiger partial charge in [0.25, 0.3) is 5.91 Å². The van der Waals surface area contributed by atoms with Gasteiger partial charge in [0.15, 0.2) is 11.5 Å². The van der Waals surface area contributed by atoms with Gasteiger partial charge in [-0.3, -0.25) is 9.59 Å². The van der Waals surface area contributed by atoms with E-state index in [9.17, 15) is 22.8 Å². The Balaban J connectivity index is 1.57. The first-order chi connectivity index (χ1) is 19.1. The number of nitrogens with zero attached hydrogens (tertiary/aromatic N) is 2. The van der Waals surface area contributed by atoms with Crippen molar-refractivity contribution in [1.82, 2.24) is 9.80 Å². The predicted octanol–water partition coefficient (Wildman–Crippen LogP) is 5.43. The number of benzene rings is 2. The molecule has 0 N–H and O–H groups in total. The highest BCUT2D eigenvalue weighted by Crippen LogP contribution is 2.33. The molecule has 4 rings (SSSR count). The number of rotatable bonds is 12. The molecule has 0 saturated heterocycles. The zero-order valence-electron chi connectivity index (χ0n) is 22.3. The number of carbonyl (C=O) groups is 2. The van der Waals surface area contributed by atoms with Crippen LogP contribution in [0.5, 0.6) is 11.5 Å². The van der Waals surface area contributed by atoms with Crippen molar-refractivity contribution in [3.8, 4) is 11.5 Å². The van der Waals surface area contributed by atoms with Crippen LogP contribution in [0.3, 0.4) is 0 Å². The van der Waals surface area contributed by atoms with Gasteiger partial charge in [-0.05, 0) is 68.3 Å². The normalized spacial score (nSPS) is 12.4. The van der Waals surface area contributed by atoms with Crippen molar-refractivity contribution in [2.24, 2.45) is 0 Å². The van der Waals surface area contributed by atoms with Gasteiger partial charge in [-0.25, -0.2) is 0 Å². The summed E-state index contributed by atoms with van der Waals surface area (Å²) in [6.45, 7) is 4.65. The molecule has 0 atom stereocenters. The molecule has 0 bridgehead atoms. The summed E-state index contributed by atoms with van der Waals surface area (Å²) < 4.78 is 61.8. The Bertz CT molecular complexity index is 1320. The highest BCUT2D eigenvalue weighted by molar-refractivity contribution is 5.96. The summed E-state index contributed by atoms with van der Waals surface area (Å²) >= 11 is 0. The molecule has 0 aliphatic carbocycles. The van der Waals surface area contributed by atoms with Crippen LogP contribution >= 0.6 is 0 Å². The van der Waals surface area contributed by atoms with Crippen molar-refractivity contribution >= 4 is 11.8 Å². The molecular weight excluding hydrogens is 529 g/mol. The maximum absolute atomic E-state index is 13.7. The molecule has 1 aromatic heterocycles. The van der Waals surface area contributed by atoms with E-state index in [1.165, 1.54) is 21.9 Å². The molecule has 1 aliphatic rings. The number of alkyl halides is 3. The number of aryl methyl sites for hydroxylation is 1. The summed E-state index contributed by atoms with van der Waals surface area (Å²) in [4.78, 5) is 29.9. The molecule has 0 fully saturated rings. The second-order valence-corrected chi connectivity index (χ2v) is 9.31. The van der Waals surface area contributed by atoms with Gasteiger partial charge in [-0.1, -0.05) is 12.1 Å². The number of carbonyl (C=O) groups excluding carboxylic acids is 2. The van der Waals surface area contributed by atoms with Gasteiger partial charge in [0, 0.05) is 31.9 Å². The van der Waals surface area contributed by atoms with E-state index in [4.69, 9.17) is 18.6 Å². The number of hydrogen-bond donors (Lipinski definition) is 0. The molecule has 2 aromatic carbocycles. The average Bonchev–Trinajstić information content (AvgIpc) is 3.57. The lowest BCUT2D eigenvalue weighted by atomic mass is 10.1. The summed E-state index contributed by atoms with van der Waals surface area (Å²) in [6, 6.07) is 13.1. The molecule has 11 heteroatoms. The average molecular weight is 561 g/mol. The summed E-state index contributed by atoms with van der Waals surface area (Å²) in [7, 11) is 0. The fourth-order valence-electron chi connectivity index (χ4n) is 4.28. The maximum Gasteiger partial charge on any atom is 0.416 e. The van der Waals surface area contributed by atoms with Crippen LogP contribution in [0.4, 0.5) is 13.2 Å². The van der Waals surface area contributed by atoms with E-state index in [1.807, 2.05) is 13.0 Å². The van der Waals surface area contributed by atoms with Crippen molar-refractivity contribution in [3.63, 3.8) is 0 Å². The Hall–Kier alpha value is -3.99. The van der Waals surface area contributed by atoms with E-state index in [0.717, 1.165) is 17.7 Å². The largest absolute Gasteiger partial charge is 0.464 e. The first kappa shape index (κ1) is 29.0. The van der Waals surface area contributed by atoms with Crippen LogP contribution in [0.1, 0.15) is 46.3 Å². The highest BCUT2D eigenvalue weighted by Gasteiger charge is 2.32. The third kappa shape index (κ3) is 7.56. The van der Waals surface area contributed by atoms with Gasteiger partial charge >= 0.3 is 6.18 Å². The molecular formula is C29H31F3N2O6. The van der Waals surface area contributed by atoms with Gasteiger partial charge in [-0.2, -0.15) is 13.2 Å². The van der Waals surface area contributed by atoms with Crippen LogP contribution in [0.2, 0.25) is 0 Å². The monoisotopic (exact) mass is 560 g/mol. The van der Waals surface area contributed by atoms with Crippen molar-refractivity contribution in [1.29, 1.82) is 0 Å². The summed E-state index contributed by atoms with van der Waals surface area (Å²) in [5.74, 6) is 1.34. The lowest BCUT2D eigenvalue weighted by Gasteiger charge is -2.28. The topological polar surface area (TPSA) is 81.5 Å². The van der Waals surface area contributed by atoms with Gasteiger partial charge in [0.1, 0.15) is 18.1 Å². The van der Waals surface area contributed by atoms with E-state index >= 15 is 0 Å². The Morgan fingerprint density at radius 2 is 1.77 bits per heavy atom. The molecule has 8 nitrogen and oxygen atoms in total. The molecule has 0 saturated carbocycles. The van der Waals surface area contributed by atoms with Gasteiger partial charge < -0.3 is 28.4 Å². The summed E-state index contributed by atoms with van der Waals surface area (Å²) in [5, 5.41) is 0. The molecule has 0 unspecified atom stereocenters. The molecule has 0 spiro atoms. The second-order valence-electron chi connectivity index (χ2n) is 9.31. The van der Waals surface area contributed by atoms with E-state index < -0.39 is 23.6 Å². The highest BCUT2D eigenvalue weighted by atomic mass is 19.4. The number of ether oxygens (including phenoxy) is 3. The smallest absolute Gasteiger partial charge is 0.416 e. The minimum atomic E-state index is -4.60. The van der Waals surface area contributed by atoms with Crippen molar-refractivity contribution in [2.45, 2.75) is 39.5 Å². The fraction of sp³-hybridized carbons (Fsp3) is 0.379. The summed E-state index contributed by atoms with van der Waals surface area (Å²) in [6.07, 6.45) is -4.19. The first-order valence-corrected chi connectivity index (χ1v) is 12.9. The Morgan fingerprint density at radius 1 is 0.975 bits per heavy atom. The molecule has 3 aromatic rings. The van der Waals surface area contributed by atoms with Gasteiger partial charge in [0.05, 0.1) is 12.1 Å². The maximum atomic E-state index is 13.7. The molecule has 2 heterocycles. The molecule has 0 radical (unpaired) electrons. The standard InChI is InChI=1S/C29H31F3N2O6/c1-3-37-13-5-12-33(28(36)22-6-4-7-23(15-22)29(30,31)32)18-27(35)34(17-24-10-8-20(2)40-24)16-21-9-11-25-26(14-21)39-19-38-25/h4,6-11,14-15H,3,5,12-13,16-19H2,1-2H3. The quantitative estimate of drug-likeness (QED) is 0.275. The number of hydrogen-bond acceptors (Lipinski definition) is 6. The zero-order valence-corrected chi connectivity index (χ0v) is 22.3. The Morgan fingerprint density at radius 3 is 2.50 bits per heavy atom. The lowest BCUT2D eigenvalue weighted by Crippen LogP contribution is -2.43. The van der Waals surface area contributed by atoms with Crippen molar-refractivity contribution in [3.05, 3.63) is 82.8 Å². The lowest BCUT2D eigenvalue weighted by molar-refractivity contribution is -0.137. The van der Waals surface area contributed by atoms with Crippen molar-refractivity contribution < 1.29 is 41.4 Å². The third-order valence-electron chi connectivity index (χ3n) is 6.28. The van der Waals surface area contributed by atoms with Crippen LogP contribution in [-0.4, -0.2) is 54.7 Å². The van der Waals surface area contributed by atoms with Gasteiger partial charge in [-0.15, -0.1) is 0 Å². The second kappa shape index (κ2) is 12.9. The van der Waals surface area contributed by atoms with Crippen LogP contribution in [-0.2, 0) is 28.8 Å². The molecule has 1 aliphatic heterocycles. The number of fused-ring (bicyclic) bond motifs is 1. The fourth-order valence-corrected chi connectivity index (χ4v) is 4.28. The van der Waals surface area contributed by atoms with E-state index in [-0.39, 0.29) is 38.5 Å². The van der Waals surface area contributed by atoms with Crippen LogP contribution in [0.15, 0.2) is 59.0 Å². The van der Waals surface area contributed by atoms with E-state index in [1.54, 1.807) is 31.2 Å². The van der Waals surface area contributed by atoms with E-state index in [0.29, 0.717) is 42.7 Å². The van der Waals surface area contributed by atoms with Crippen LogP contribution < -0.4 is 9.47 Å². The van der Waals surface area contributed by atoms with Crippen LogP contribution in [0, 0.1) is 6.92 Å². The van der Waals surface area contributed by atoms with E-state index in [2.05, 4.69) is 0 Å². The Labute approximate surface area is 230 Å². The zero-order chi connectivity index (χ0) is 28.7. The van der Waals surface area contributed by atoms with Crippen LogP contribution in [0.25, 0.3) is 0 Å².